The molecular formula is C18H16O7. The second-order valence-corrected chi connectivity index (χ2v) is 5.50. The molecule has 7 nitrogen and oxygen atoms in total. The smallest absolute Gasteiger partial charge is 0.328 e. The fourth-order valence-electron chi connectivity index (χ4n) is 2.56. The van der Waals surface area contributed by atoms with Crippen molar-refractivity contribution in [1.29, 1.82) is 0 Å². The maximum atomic E-state index is 10.6. The number of rotatable bonds is 4. The van der Waals surface area contributed by atoms with Gasteiger partial charge in [-0.05, 0) is 35.9 Å². The number of carbonyl (C=O) groups is 1. The standard InChI is InChI=1S/C18H16O7/c19-9-16-18(11-3-4-12(20)13(21)8-11)25-15-7-10(2-6-17(22)23)1-5-14(15)24-16/h1-8,16,18-21H,9H2,(H,22,23)/t16-,18-/m1/s1. The van der Waals surface area contributed by atoms with Crippen LogP contribution in [-0.4, -0.2) is 39.1 Å². The number of fused-ring (bicyclic) bond motifs is 1. The van der Waals surface area contributed by atoms with E-state index in [2.05, 4.69) is 0 Å². The van der Waals surface area contributed by atoms with Crippen molar-refractivity contribution in [3.8, 4) is 23.0 Å². The van der Waals surface area contributed by atoms with Crippen LogP contribution in [0.3, 0.4) is 0 Å². The van der Waals surface area contributed by atoms with Gasteiger partial charge in [0.25, 0.3) is 0 Å². The molecule has 25 heavy (non-hydrogen) atoms. The monoisotopic (exact) mass is 344 g/mol. The van der Waals surface area contributed by atoms with E-state index in [1.807, 2.05) is 0 Å². The molecule has 0 unspecified atom stereocenters. The van der Waals surface area contributed by atoms with E-state index in [0.29, 0.717) is 22.6 Å². The summed E-state index contributed by atoms with van der Waals surface area (Å²) < 4.78 is 11.6. The number of aromatic hydroxyl groups is 2. The predicted molar refractivity (Wildman–Crippen MR) is 87.8 cm³/mol. The lowest BCUT2D eigenvalue weighted by Crippen LogP contribution is -2.36. The van der Waals surface area contributed by atoms with Crippen LogP contribution in [0.2, 0.25) is 0 Å². The third kappa shape index (κ3) is 3.51. The van der Waals surface area contributed by atoms with Gasteiger partial charge >= 0.3 is 5.97 Å². The lowest BCUT2D eigenvalue weighted by molar-refractivity contribution is -0.131. The fraction of sp³-hybridized carbons (Fsp3) is 0.167. The number of carboxylic acids is 1. The Morgan fingerprint density at radius 2 is 1.84 bits per heavy atom. The van der Waals surface area contributed by atoms with E-state index >= 15 is 0 Å². The molecule has 0 saturated heterocycles. The van der Waals surface area contributed by atoms with Gasteiger partial charge in [0.2, 0.25) is 0 Å². The van der Waals surface area contributed by atoms with Crippen LogP contribution in [0.4, 0.5) is 0 Å². The molecule has 3 rings (SSSR count). The van der Waals surface area contributed by atoms with Gasteiger partial charge in [-0.15, -0.1) is 0 Å². The molecule has 130 valence electrons. The van der Waals surface area contributed by atoms with E-state index in [4.69, 9.17) is 14.6 Å². The maximum Gasteiger partial charge on any atom is 0.328 e. The second-order valence-electron chi connectivity index (χ2n) is 5.50. The quantitative estimate of drug-likeness (QED) is 0.495. The van der Waals surface area contributed by atoms with Crippen molar-refractivity contribution in [2.24, 2.45) is 0 Å². The number of phenolic OH excluding ortho intramolecular Hbond substituents is 2. The minimum atomic E-state index is -1.06. The molecule has 0 amide bonds. The summed E-state index contributed by atoms with van der Waals surface area (Å²) >= 11 is 0. The summed E-state index contributed by atoms with van der Waals surface area (Å²) in [6.45, 7) is -0.313. The Labute approximate surface area is 143 Å². The zero-order valence-electron chi connectivity index (χ0n) is 13.0. The first-order valence-electron chi connectivity index (χ1n) is 7.49. The summed E-state index contributed by atoms with van der Waals surface area (Å²) in [6.07, 6.45) is 1.03. The Kier molecular flexibility index (Phi) is 4.49. The Morgan fingerprint density at radius 3 is 2.52 bits per heavy atom. The largest absolute Gasteiger partial charge is 0.504 e. The normalized spacial score (nSPS) is 19.1. The first kappa shape index (κ1) is 16.7. The number of aliphatic hydroxyl groups excluding tert-OH is 1. The van der Waals surface area contributed by atoms with Crippen LogP contribution in [0.1, 0.15) is 17.2 Å². The Balaban J connectivity index is 1.94. The van der Waals surface area contributed by atoms with E-state index in [-0.39, 0.29) is 18.1 Å². The molecule has 0 fully saturated rings. The van der Waals surface area contributed by atoms with E-state index in [9.17, 15) is 20.1 Å². The number of carboxylic acid groups (broad SMARTS) is 1. The topological polar surface area (TPSA) is 116 Å². The molecule has 1 aliphatic rings. The van der Waals surface area contributed by atoms with E-state index < -0.39 is 18.2 Å². The number of ether oxygens (including phenoxy) is 2. The molecule has 4 N–H and O–H groups in total. The minimum Gasteiger partial charge on any atom is -0.504 e. The first-order chi connectivity index (χ1) is 12.0. The van der Waals surface area contributed by atoms with Crippen molar-refractivity contribution in [2.45, 2.75) is 12.2 Å². The Hall–Kier alpha value is -3.19. The fourth-order valence-corrected chi connectivity index (χ4v) is 2.56. The second kappa shape index (κ2) is 6.74. The number of phenols is 2. The van der Waals surface area contributed by atoms with Crippen LogP contribution < -0.4 is 9.47 Å². The SMILES string of the molecule is O=C(O)C=Cc1ccc2c(c1)O[C@H](c1ccc(O)c(O)c1)[C@@H](CO)O2. The first-order valence-corrected chi connectivity index (χ1v) is 7.49. The molecule has 1 aliphatic heterocycles. The van der Waals surface area contributed by atoms with Crippen molar-refractivity contribution in [1.82, 2.24) is 0 Å². The predicted octanol–water partition coefficient (Wildman–Crippen LogP) is 2.07. The van der Waals surface area contributed by atoms with Crippen LogP contribution in [-0.2, 0) is 4.79 Å². The molecular weight excluding hydrogens is 328 g/mol. The average Bonchev–Trinajstić information content (AvgIpc) is 2.61. The van der Waals surface area contributed by atoms with Gasteiger partial charge < -0.3 is 29.9 Å². The van der Waals surface area contributed by atoms with E-state index in [0.717, 1.165) is 6.08 Å². The highest BCUT2D eigenvalue weighted by molar-refractivity contribution is 5.85. The third-order valence-electron chi connectivity index (χ3n) is 3.76. The third-order valence-corrected chi connectivity index (χ3v) is 3.76. The Morgan fingerprint density at radius 1 is 1.04 bits per heavy atom. The van der Waals surface area contributed by atoms with Crippen molar-refractivity contribution < 1.29 is 34.7 Å². The van der Waals surface area contributed by atoms with Gasteiger partial charge in [-0.2, -0.15) is 0 Å². The molecule has 0 spiro atoms. The molecule has 7 heteroatoms. The molecule has 1 heterocycles. The van der Waals surface area contributed by atoms with Crippen LogP contribution >= 0.6 is 0 Å². The van der Waals surface area contributed by atoms with Gasteiger partial charge in [0, 0.05) is 11.6 Å². The summed E-state index contributed by atoms with van der Waals surface area (Å²) in [5, 5.41) is 37.4. The molecule has 2 aromatic rings. The van der Waals surface area contributed by atoms with Crippen LogP contribution in [0.5, 0.6) is 23.0 Å². The van der Waals surface area contributed by atoms with Crippen molar-refractivity contribution in [3.63, 3.8) is 0 Å². The molecule has 0 bridgehead atoms. The van der Waals surface area contributed by atoms with Gasteiger partial charge in [0.05, 0.1) is 6.61 Å². The highest BCUT2D eigenvalue weighted by atomic mass is 16.6. The van der Waals surface area contributed by atoms with Crippen LogP contribution in [0, 0.1) is 0 Å². The highest BCUT2D eigenvalue weighted by Crippen LogP contribution is 2.41. The average molecular weight is 344 g/mol. The summed E-state index contributed by atoms with van der Waals surface area (Å²) in [5.74, 6) is -0.822. The van der Waals surface area contributed by atoms with Gasteiger partial charge in [-0.25, -0.2) is 4.79 Å². The lowest BCUT2D eigenvalue weighted by atomic mass is 10.0. The number of benzene rings is 2. The van der Waals surface area contributed by atoms with Crippen molar-refractivity contribution >= 4 is 12.0 Å². The lowest BCUT2D eigenvalue weighted by Gasteiger charge is -2.33. The number of aliphatic carboxylic acids is 1. The molecule has 2 atom stereocenters. The summed E-state index contributed by atoms with van der Waals surface area (Å²) in [5.41, 5.74) is 1.13. The van der Waals surface area contributed by atoms with Crippen molar-refractivity contribution in [2.75, 3.05) is 6.61 Å². The molecule has 0 radical (unpaired) electrons. The summed E-state index contributed by atoms with van der Waals surface area (Å²) in [6, 6.07) is 9.14. The highest BCUT2D eigenvalue weighted by Gasteiger charge is 2.33. The zero-order valence-corrected chi connectivity index (χ0v) is 13.0. The molecule has 0 aromatic heterocycles. The van der Waals surface area contributed by atoms with Crippen LogP contribution in [0.25, 0.3) is 6.08 Å². The zero-order chi connectivity index (χ0) is 18.0. The minimum absolute atomic E-state index is 0.262. The van der Waals surface area contributed by atoms with E-state index in [1.54, 1.807) is 24.3 Å². The van der Waals surface area contributed by atoms with Gasteiger partial charge in [0.15, 0.2) is 35.2 Å². The number of aliphatic hydroxyl groups is 1. The molecule has 2 aromatic carbocycles. The van der Waals surface area contributed by atoms with Gasteiger partial charge in [0.1, 0.15) is 0 Å². The molecule has 0 aliphatic carbocycles. The molecule has 0 saturated carbocycles. The Bertz CT molecular complexity index is 828. The van der Waals surface area contributed by atoms with E-state index in [1.165, 1.54) is 18.2 Å². The van der Waals surface area contributed by atoms with Crippen molar-refractivity contribution in [3.05, 3.63) is 53.6 Å². The maximum absolute atomic E-state index is 10.6. The van der Waals surface area contributed by atoms with Gasteiger partial charge in [-0.3, -0.25) is 0 Å². The van der Waals surface area contributed by atoms with Gasteiger partial charge in [-0.1, -0.05) is 12.1 Å². The summed E-state index contributed by atoms with van der Waals surface area (Å²) in [7, 11) is 0. The number of hydrogen-bond donors (Lipinski definition) is 4. The van der Waals surface area contributed by atoms with Crippen LogP contribution in [0.15, 0.2) is 42.5 Å². The number of hydrogen-bond acceptors (Lipinski definition) is 6. The summed E-state index contributed by atoms with van der Waals surface area (Å²) in [4.78, 5) is 10.6.